The first-order chi connectivity index (χ1) is 10.6. The molecule has 0 unspecified atom stereocenters. The Hall–Kier alpha value is -1.91. The zero-order valence-electron chi connectivity index (χ0n) is 13.8. The van der Waals surface area contributed by atoms with Crippen LogP contribution in [0.2, 0.25) is 0 Å². The van der Waals surface area contributed by atoms with Crippen molar-refractivity contribution < 1.29 is 19.0 Å². The Morgan fingerprint density at radius 1 is 1.14 bits per heavy atom. The smallest absolute Gasteiger partial charge is 0.254 e. The summed E-state index contributed by atoms with van der Waals surface area (Å²) >= 11 is 0. The summed E-state index contributed by atoms with van der Waals surface area (Å²) in [6.07, 6.45) is 3.40. The van der Waals surface area contributed by atoms with Crippen molar-refractivity contribution in [1.82, 2.24) is 4.90 Å². The average molecular weight is 307 g/mol. The van der Waals surface area contributed by atoms with Crippen LogP contribution in [-0.2, 0) is 0 Å². The van der Waals surface area contributed by atoms with Gasteiger partial charge < -0.3 is 19.1 Å². The molecule has 1 aromatic carbocycles. The van der Waals surface area contributed by atoms with Crippen molar-refractivity contribution in [3.63, 3.8) is 0 Å². The molecule has 1 amide bonds. The van der Waals surface area contributed by atoms with Gasteiger partial charge in [0.25, 0.3) is 5.91 Å². The van der Waals surface area contributed by atoms with E-state index in [0.29, 0.717) is 28.7 Å². The topological polar surface area (TPSA) is 48.0 Å². The van der Waals surface area contributed by atoms with Crippen LogP contribution in [0, 0.1) is 5.92 Å². The van der Waals surface area contributed by atoms with Crippen LogP contribution in [-0.4, -0.2) is 45.2 Å². The maximum atomic E-state index is 12.8. The zero-order valence-corrected chi connectivity index (χ0v) is 13.8. The predicted molar refractivity (Wildman–Crippen MR) is 85.0 cm³/mol. The molecule has 1 saturated carbocycles. The molecule has 1 aliphatic carbocycles. The fraction of sp³-hybridized carbons (Fsp3) is 0.588. The number of carbonyl (C=O) groups is 1. The monoisotopic (exact) mass is 307 g/mol. The van der Waals surface area contributed by atoms with Crippen LogP contribution in [0.15, 0.2) is 12.1 Å². The highest BCUT2D eigenvalue weighted by molar-refractivity contribution is 5.95. The molecule has 22 heavy (non-hydrogen) atoms. The highest BCUT2D eigenvalue weighted by Gasteiger charge is 2.28. The van der Waals surface area contributed by atoms with Crippen LogP contribution < -0.4 is 14.2 Å². The van der Waals surface area contributed by atoms with E-state index in [-0.39, 0.29) is 5.91 Å². The van der Waals surface area contributed by atoms with E-state index in [2.05, 4.69) is 6.92 Å². The number of nitrogens with zero attached hydrogens (tertiary/aromatic N) is 1. The van der Waals surface area contributed by atoms with Gasteiger partial charge in [-0.1, -0.05) is 6.92 Å². The lowest BCUT2D eigenvalue weighted by Gasteiger charge is -2.23. The Labute approximate surface area is 132 Å². The van der Waals surface area contributed by atoms with E-state index in [1.165, 1.54) is 12.8 Å². The lowest BCUT2D eigenvalue weighted by atomic mass is 10.1. The third-order valence-corrected chi connectivity index (χ3v) is 3.87. The van der Waals surface area contributed by atoms with Crippen molar-refractivity contribution in [3.05, 3.63) is 17.7 Å². The number of hydrogen-bond acceptors (Lipinski definition) is 4. The van der Waals surface area contributed by atoms with Gasteiger partial charge in [-0.2, -0.15) is 0 Å². The second kappa shape index (κ2) is 7.38. The summed E-state index contributed by atoms with van der Waals surface area (Å²) in [4.78, 5) is 14.7. The van der Waals surface area contributed by atoms with Crippen LogP contribution >= 0.6 is 0 Å². The summed E-state index contributed by atoms with van der Waals surface area (Å²) in [5.41, 5.74) is 0.573. The number of methoxy groups -OCH3 is 3. The van der Waals surface area contributed by atoms with Crippen molar-refractivity contribution in [2.24, 2.45) is 5.92 Å². The van der Waals surface area contributed by atoms with Gasteiger partial charge in [0.15, 0.2) is 11.5 Å². The van der Waals surface area contributed by atoms with Gasteiger partial charge in [-0.15, -0.1) is 0 Å². The summed E-state index contributed by atoms with van der Waals surface area (Å²) in [5.74, 6) is 2.21. The molecule has 0 heterocycles. The number of benzene rings is 1. The Morgan fingerprint density at radius 3 is 2.14 bits per heavy atom. The first kappa shape index (κ1) is 16.5. The largest absolute Gasteiger partial charge is 0.493 e. The van der Waals surface area contributed by atoms with Gasteiger partial charge in [0.1, 0.15) is 0 Å². The Bertz CT molecular complexity index is 500. The van der Waals surface area contributed by atoms with Crippen molar-refractivity contribution in [3.8, 4) is 17.2 Å². The maximum absolute atomic E-state index is 12.8. The number of rotatable bonds is 8. The van der Waals surface area contributed by atoms with Crippen LogP contribution in [0.25, 0.3) is 0 Å². The van der Waals surface area contributed by atoms with Gasteiger partial charge in [-0.05, 0) is 37.3 Å². The molecule has 0 atom stereocenters. The molecule has 122 valence electrons. The minimum absolute atomic E-state index is 0.0213. The molecular formula is C17H25NO4. The molecule has 1 fully saturated rings. The van der Waals surface area contributed by atoms with Gasteiger partial charge in [0.05, 0.1) is 21.3 Å². The fourth-order valence-electron chi connectivity index (χ4n) is 2.54. The fourth-order valence-corrected chi connectivity index (χ4v) is 2.54. The molecule has 5 heteroatoms. The Balaban J connectivity index is 2.30. The van der Waals surface area contributed by atoms with Gasteiger partial charge >= 0.3 is 0 Å². The number of amides is 1. The van der Waals surface area contributed by atoms with Crippen molar-refractivity contribution >= 4 is 5.91 Å². The molecule has 5 nitrogen and oxygen atoms in total. The normalized spacial score (nSPS) is 13.6. The lowest BCUT2D eigenvalue weighted by Crippen LogP contribution is -2.33. The third kappa shape index (κ3) is 3.64. The maximum Gasteiger partial charge on any atom is 0.254 e. The van der Waals surface area contributed by atoms with E-state index >= 15 is 0 Å². The van der Waals surface area contributed by atoms with Crippen molar-refractivity contribution in [2.75, 3.05) is 34.4 Å². The molecule has 2 rings (SSSR count). The first-order valence-electron chi connectivity index (χ1n) is 7.73. The molecule has 1 aliphatic rings. The third-order valence-electron chi connectivity index (χ3n) is 3.87. The standard InChI is InChI=1S/C17H25NO4/c1-5-8-18(11-12-6-7-12)17(19)13-9-14(20-2)16(22-4)15(10-13)21-3/h9-10,12H,5-8,11H2,1-4H3. The minimum atomic E-state index is 0.0213. The highest BCUT2D eigenvalue weighted by atomic mass is 16.5. The minimum Gasteiger partial charge on any atom is -0.493 e. The Morgan fingerprint density at radius 2 is 1.73 bits per heavy atom. The molecule has 0 aromatic heterocycles. The van der Waals surface area contributed by atoms with Crippen LogP contribution in [0.1, 0.15) is 36.5 Å². The second-order valence-electron chi connectivity index (χ2n) is 5.61. The lowest BCUT2D eigenvalue weighted by molar-refractivity contribution is 0.0747. The average Bonchev–Trinajstić information content (AvgIpc) is 3.36. The molecule has 1 aromatic rings. The second-order valence-corrected chi connectivity index (χ2v) is 5.61. The zero-order chi connectivity index (χ0) is 16.1. The van der Waals surface area contributed by atoms with E-state index in [1.54, 1.807) is 33.5 Å². The summed E-state index contributed by atoms with van der Waals surface area (Å²) in [6, 6.07) is 3.44. The molecule has 0 spiro atoms. The van der Waals surface area contributed by atoms with Crippen molar-refractivity contribution in [1.29, 1.82) is 0 Å². The molecule has 0 aliphatic heterocycles. The molecular weight excluding hydrogens is 282 g/mol. The molecule has 0 bridgehead atoms. The first-order valence-corrected chi connectivity index (χ1v) is 7.73. The van der Waals surface area contributed by atoms with E-state index in [1.807, 2.05) is 4.90 Å². The molecule has 0 saturated heterocycles. The predicted octanol–water partition coefficient (Wildman–Crippen LogP) is 2.97. The number of carbonyl (C=O) groups excluding carboxylic acids is 1. The van der Waals surface area contributed by atoms with E-state index in [4.69, 9.17) is 14.2 Å². The summed E-state index contributed by atoms with van der Waals surface area (Å²) in [5, 5.41) is 0. The molecule has 0 N–H and O–H groups in total. The van der Waals surface area contributed by atoms with E-state index in [0.717, 1.165) is 19.5 Å². The number of ether oxygens (including phenoxy) is 3. The van der Waals surface area contributed by atoms with Gasteiger partial charge in [-0.3, -0.25) is 4.79 Å². The SMILES string of the molecule is CCCN(CC1CC1)C(=O)c1cc(OC)c(OC)c(OC)c1. The number of hydrogen-bond donors (Lipinski definition) is 0. The van der Waals surface area contributed by atoms with Gasteiger partial charge in [-0.25, -0.2) is 0 Å². The summed E-state index contributed by atoms with van der Waals surface area (Å²) in [6.45, 7) is 3.69. The van der Waals surface area contributed by atoms with Crippen LogP contribution in [0.5, 0.6) is 17.2 Å². The molecule has 0 radical (unpaired) electrons. The van der Waals surface area contributed by atoms with E-state index < -0.39 is 0 Å². The van der Waals surface area contributed by atoms with Crippen LogP contribution in [0.4, 0.5) is 0 Å². The van der Waals surface area contributed by atoms with Crippen LogP contribution in [0.3, 0.4) is 0 Å². The van der Waals surface area contributed by atoms with Crippen molar-refractivity contribution in [2.45, 2.75) is 26.2 Å². The summed E-state index contributed by atoms with van der Waals surface area (Å²) in [7, 11) is 4.66. The van der Waals surface area contributed by atoms with Gasteiger partial charge in [0.2, 0.25) is 5.75 Å². The van der Waals surface area contributed by atoms with E-state index in [9.17, 15) is 4.79 Å². The quantitative estimate of drug-likeness (QED) is 0.741. The summed E-state index contributed by atoms with van der Waals surface area (Å²) < 4.78 is 16.0. The Kier molecular flexibility index (Phi) is 5.52. The highest BCUT2D eigenvalue weighted by Crippen LogP contribution is 2.38. The van der Waals surface area contributed by atoms with Gasteiger partial charge in [0, 0.05) is 18.7 Å².